The van der Waals surface area contributed by atoms with Gasteiger partial charge in [-0.25, -0.2) is 13.8 Å². The molecule has 1 N–H and O–H groups in total. The third-order valence-corrected chi connectivity index (χ3v) is 6.87. The first-order chi connectivity index (χ1) is 15.2. The predicted molar refractivity (Wildman–Crippen MR) is 129 cm³/mol. The SMILES string of the molecule is C/C(=N/NC(=O)CN(c1ccc(Cl)cc1)S(=O)(=O)c1ccc(C)cc1)c1ccc(C)cc1. The molecular formula is C24H24ClN3O3S. The van der Waals surface area contributed by atoms with Gasteiger partial charge in [-0.05, 0) is 62.7 Å². The molecule has 0 atom stereocenters. The molecule has 0 aliphatic rings. The maximum Gasteiger partial charge on any atom is 0.264 e. The van der Waals surface area contributed by atoms with Gasteiger partial charge in [0.05, 0.1) is 16.3 Å². The van der Waals surface area contributed by atoms with E-state index in [0.29, 0.717) is 16.4 Å². The van der Waals surface area contributed by atoms with Crippen molar-refractivity contribution in [1.82, 2.24) is 5.43 Å². The number of hydrogen-bond donors (Lipinski definition) is 1. The van der Waals surface area contributed by atoms with Crippen molar-refractivity contribution in [3.63, 3.8) is 0 Å². The van der Waals surface area contributed by atoms with Crippen molar-refractivity contribution in [2.75, 3.05) is 10.8 Å². The highest BCUT2D eigenvalue weighted by Gasteiger charge is 2.27. The van der Waals surface area contributed by atoms with Gasteiger partial charge in [-0.3, -0.25) is 9.10 Å². The lowest BCUT2D eigenvalue weighted by Crippen LogP contribution is -2.39. The lowest BCUT2D eigenvalue weighted by Gasteiger charge is -2.24. The number of hydrogen-bond acceptors (Lipinski definition) is 4. The van der Waals surface area contributed by atoms with Gasteiger partial charge in [0, 0.05) is 5.02 Å². The van der Waals surface area contributed by atoms with Crippen LogP contribution in [-0.4, -0.2) is 26.6 Å². The van der Waals surface area contributed by atoms with Gasteiger partial charge in [-0.2, -0.15) is 5.10 Å². The predicted octanol–water partition coefficient (Wildman–Crippen LogP) is 4.69. The number of amides is 1. The van der Waals surface area contributed by atoms with Gasteiger partial charge >= 0.3 is 0 Å². The number of sulfonamides is 1. The average Bonchev–Trinajstić information content (AvgIpc) is 2.77. The van der Waals surface area contributed by atoms with Crippen molar-refractivity contribution in [3.8, 4) is 0 Å². The number of benzene rings is 3. The van der Waals surface area contributed by atoms with Gasteiger partial charge in [-0.15, -0.1) is 0 Å². The molecule has 8 heteroatoms. The Balaban J connectivity index is 1.86. The first kappa shape index (κ1) is 23.5. The number of carbonyl (C=O) groups excluding carboxylic acids is 1. The van der Waals surface area contributed by atoms with Crippen LogP contribution in [0.15, 0.2) is 82.8 Å². The van der Waals surface area contributed by atoms with Crippen LogP contribution in [0.1, 0.15) is 23.6 Å². The second kappa shape index (κ2) is 9.97. The maximum absolute atomic E-state index is 13.3. The van der Waals surface area contributed by atoms with Crippen LogP contribution in [0.2, 0.25) is 5.02 Å². The molecule has 3 aromatic carbocycles. The number of hydrazone groups is 1. The van der Waals surface area contributed by atoms with E-state index in [9.17, 15) is 13.2 Å². The first-order valence-electron chi connectivity index (χ1n) is 9.92. The summed E-state index contributed by atoms with van der Waals surface area (Å²) in [6.07, 6.45) is 0. The summed E-state index contributed by atoms with van der Waals surface area (Å²) < 4.78 is 27.7. The summed E-state index contributed by atoms with van der Waals surface area (Å²) in [4.78, 5) is 12.8. The monoisotopic (exact) mass is 469 g/mol. The lowest BCUT2D eigenvalue weighted by molar-refractivity contribution is -0.119. The standard InChI is InChI=1S/C24H24ClN3O3S/c1-17-4-8-20(9-5-17)19(3)26-27-24(29)16-28(22-12-10-21(25)11-13-22)32(30,31)23-14-6-18(2)7-15-23/h4-15H,16H2,1-3H3,(H,27,29)/b26-19-. The molecule has 0 aliphatic carbocycles. The quantitative estimate of drug-likeness (QED) is 0.402. The highest BCUT2D eigenvalue weighted by molar-refractivity contribution is 7.92. The van der Waals surface area contributed by atoms with E-state index < -0.39 is 22.5 Å². The van der Waals surface area contributed by atoms with Crippen LogP contribution in [-0.2, 0) is 14.8 Å². The Kier molecular flexibility index (Phi) is 7.33. The van der Waals surface area contributed by atoms with Crippen molar-refractivity contribution >= 4 is 38.9 Å². The van der Waals surface area contributed by atoms with Gasteiger partial charge in [0.15, 0.2) is 0 Å². The van der Waals surface area contributed by atoms with Gasteiger partial charge in [-0.1, -0.05) is 59.1 Å². The van der Waals surface area contributed by atoms with Crippen molar-refractivity contribution < 1.29 is 13.2 Å². The Bertz CT molecular complexity index is 1220. The Labute approximate surface area is 193 Å². The Hall–Kier alpha value is -3.16. The van der Waals surface area contributed by atoms with E-state index in [1.54, 1.807) is 43.3 Å². The second-order valence-corrected chi connectivity index (χ2v) is 9.70. The molecular weight excluding hydrogens is 446 g/mol. The number of halogens is 1. The van der Waals surface area contributed by atoms with E-state index >= 15 is 0 Å². The number of anilines is 1. The van der Waals surface area contributed by atoms with E-state index in [1.165, 1.54) is 12.1 Å². The second-order valence-electron chi connectivity index (χ2n) is 7.40. The normalized spacial score (nSPS) is 11.8. The highest BCUT2D eigenvalue weighted by Crippen LogP contribution is 2.25. The minimum Gasteiger partial charge on any atom is -0.271 e. The van der Waals surface area contributed by atoms with E-state index in [4.69, 9.17) is 11.6 Å². The molecule has 1 amide bonds. The Morgan fingerprint density at radius 2 is 1.44 bits per heavy atom. The lowest BCUT2D eigenvalue weighted by atomic mass is 10.1. The van der Waals surface area contributed by atoms with E-state index in [-0.39, 0.29) is 4.90 Å². The Morgan fingerprint density at radius 1 is 0.906 bits per heavy atom. The molecule has 32 heavy (non-hydrogen) atoms. The number of nitrogens with zero attached hydrogens (tertiary/aromatic N) is 2. The molecule has 3 rings (SSSR count). The van der Waals surface area contributed by atoms with Crippen LogP contribution in [0.5, 0.6) is 0 Å². The molecule has 0 fully saturated rings. The van der Waals surface area contributed by atoms with E-state index in [1.807, 2.05) is 38.1 Å². The topological polar surface area (TPSA) is 78.8 Å². The zero-order valence-corrected chi connectivity index (χ0v) is 19.6. The average molecular weight is 470 g/mol. The number of aryl methyl sites for hydroxylation is 2. The largest absolute Gasteiger partial charge is 0.271 e. The summed E-state index contributed by atoms with van der Waals surface area (Å²) in [6, 6.07) is 20.4. The zero-order valence-electron chi connectivity index (χ0n) is 18.0. The van der Waals surface area contributed by atoms with Crippen molar-refractivity contribution in [2.24, 2.45) is 5.10 Å². The van der Waals surface area contributed by atoms with Gasteiger partial charge in [0.1, 0.15) is 6.54 Å². The molecule has 0 aromatic heterocycles. The van der Waals surface area contributed by atoms with Gasteiger partial charge in [0.25, 0.3) is 15.9 Å². The summed E-state index contributed by atoms with van der Waals surface area (Å²) in [5.41, 5.74) is 6.30. The third kappa shape index (κ3) is 5.75. The summed E-state index contributed by atoms with van der Waals surface area (Å²) >= 11 is 5.96. The molecule has 0 unspecified atom stereocenters. The molecule has 0 aliphatic heterocycles. The molecule has 0 saturated carbocycles. The summed E-state index contributed by atoms with van der Waals surface area (Å²) in [5.74, 6) is -0.568. The van der Waals surface area contributed by atoms with Crippen LogP contribution in [0.3, 0.4) is 0 Å². The van der Waals surface area contributed by atoms with Crippen molar-refractivity contribution in [1.29, 1.82) is 0 Å². The fourth-order valence-corrected chi connectivity index (χ4v) is 4.48. The maximum atomic E-state index is 13.3. The summed E-state index contributed by atoms with van der Waals surface area (Å²) in [5, 5.41) is 4.59. The molecule has 3 aromatic rings. The smallest absolute Gasteiger partial charge is 0.264 e. The molecule has 0 bridgehead atoms. The van der Waals surface area contributed by atoms with E-state index in [0.717, 1.165) is 21.0 Å². The zero-order chi connectivity index (χ0) is 23.3. The molecule has 0 heterocycles. The van der Waals surface area contributed by atoms with Crippen molar-refractivity contribution in [3.05, 3.63) is 94.5 Å². The number of nitrogens with one attached hydrogen (secondary N) is 1. The van der Waals surface area contributed by atoms with Crippen molar-refractivity contribution in [2.45, 2.75) is 25.7 Å². The van der Waals surface area contributed by atoms with Gasteiger partial charge in [0.2, 0.25) is 0 Å². The molecule has 0 spiro atoms. The first-order valence-corrected chi connectivity index (χ1v) is 11.7. The molecule has 6 nitrogen and oxygen atoms in total. The summed E-state index contributed by atoms with van der Waals surface area (Å²) in [7, 11) is -3.99. The van der Waals surface area contributed by atoms with Gasteiger partial charge < -0.3 is 0 Å². The highest BCUT2D eigenvalue weighted by atomic mass is 35.5. The minimum absolute atomic E-state index is 0.0881. The molecule has 0 saturated heterocycles. The molecule has 0 radical (unpaired) electrons. The molecule has 166 valence electrons. The van der Waals surface area contributed by atoms with E-state index in [2.05, 4.69) is 10.5 Å². The van der Waals surface area contributed by atoms with Crippen LogP contribution >= 0.6 is 11.6 Å². The number of carbonyl (C=O) groups is 1. The summed E-state index contributed by atoms with van der Waals surface area (Å²) in [6.45, 7) is 5.18. The third-order valence-electron chi connectivity index (χ3n) is 4.83. The fourth-order valence-electron chi connectivity index (χ4n) is 2.93. The minimum atomic E-state index is -3.99. The fraction of sp³-hybridized carbons (Fsp3) is 0.167. The van der Waals surface area contributed by atoms with Crippen LogP contribution < -0.4 is 9.73 Å². The number of rotatable bonds is 7. The Morgan fingerprint density at radius 3 is 2.00 bits per heavy atom. The van der Waals surface area contributed by atoms with Crippen LogP contribution in [0.4, 0.5) is 5.69 Å². The van der Waals surface area contributed by atoms with Crippen LogP contribution in [0.25, 0.3) is 0 Å². The van der Waals surface area contributed by atoms with Crippen LogP contribution in [0, 0.1) is 13.8 Å².